The number of aryl methyl sites for hydroxylation is 2. The number of aromatic nitrogens is 1. The summed E-state index contributed by atoms with van der Waals surface area (Å²) in [5, 5.41) is 20.2. The van der Waals surface area contributed by atoms with Crippen molar-refractivity contribution in [2.75, 3.05) is 20.2 Å². The minimum Gasteiger partial charge on any atom is -0.595 e. The van der Waals surface area contributed by atoms with Crippen molar-refractivity contribution in [2.24, 2.45) is 5.92 Å². The van der Waals surface area contributed by atoms with Gasteiger partial charge in [0.05, 0.1) is 7.11 Å². The Kier molecular flexibility index (Phi) is 5.96. The molecule has 184 valence electrons. The predicted molar refractivity (Wildman–Crippen MR) is 126 cm³/mol. The third kappa shape index (κ3) is 4.24. The quantitative estimate of drug-likeness (QED) is 0.414. The first kappa shape index (κ1) is 23.3. The summed E-state index contributed by atoms with van der Waals surface area (Å²) in [6.45, 7) is 3.30. The molecule has 2 aliphatic heterocycles. The Balaban J connectivity index is 1.33. The van der Waals surface area contributed by atoms with Gasteiger partial charge in [0.2, 0.25) is 11.6 Å². The van der Waals surface area contributed by atoms with Crippen molar-refractivity contribution < 1.29 is 24.4 Å². The number of hydrogen-bond acceptors (Lipinski definition) is 7. The predicted octanol–water partition coefficient (Wildman–Crippen LogP) is 1.25. The van der Waals surface area contributed by atoms with E-state index in [4.69, 9.17) is 9.15 Å². The first-order valence-corrected chi connectivity index (χ1v) is 11.6. The second-order valence-corrected chi connectivity index (χ2v) is 9.40. The Bertz CT molecular complexity index is 1430. The molecule has 3 atom stereocenters. The van der Waals surface area contributed by atoms with E-state index in [1.165, 1.54) is 12.1 Å². The number of nitrogens with zero attached hydrogens (tertiary/aromatic N) is 2. The van der Waals surface area contributed by atoms with Crippen molar-refractivity contribution in [3.8, 4) is 5.75 Å². The van der Waals surface area contributed by atoms with E-state index < -0.39 is 16.4 Å². The molecule has 4 heterocycles. The maximum atomic E-state index is 13.2. The molecular weight excluding hydrogens is 454 g/mol. The third-order valence-electron chi connectivity index (χ3n) is 7.15. The van der Waals surface area contributed by atoms with E-state index in [1.54, 1.807) is 23.8 Å². The number of hydrogen-bond donors (Lipinski definition) is 2. The lowest BCUT2D eigenvalue weighted by atomic mass is 9.83. The van der Waals surface area contributed by atoms with Crippen LogP contribution in [0.5, 0.6) is 5.75 Å². The van der Waals surface area contributed by atoms with Crippen LogP contribution in [0.1, 0.15) is 35.6 Å². The smallest absolute Gasteiger partial charge is 0.336 e. The molecule has 0 aliphatic carbocycles. The number of benzene rings is 1. The van der Waals surface area contributed by atoms with Gasteiger partial charge in [-0.15, -0.1) is 0 Å². The zero-order chi connectivity index (χ0) is 24.9. The van der Waals surface area contributed by atoms with Crippen LogP contribution in [0.4, 0.5) is 5.69 Å². The van der Waals surface area contributed by atoms with Crippen molar-refractivity contribution in [1.82, 2.24) is 9.47 Å². The van der Waals surface area contributed by atoms with Gasteiger partial charge in [-0.1, -0.05) is 0 Å². The molecule has 10 heteroatoms. The summed E-state index contributed by atoms with van der Waals surface area (Å²) in [4.78, 5) is 39.4. The topological polar surface area (TPSA) is 129 Å². The van der Waals surface area contributed by atoms with Gasteiger partial charge < -0.3 is 23.8 Å². The zero-order valence-electron chi connectivity index (χ0n) is 19.6. The Morgan fingerprint density at radius 3 is 2.77 bits per heavy atom. The molecule has 35 heavy (non-hydrogen) atoms. The number of quaternary nitrogens is 1. The van der Waals surface area contributed by atoms with E-state index in [2.05, 4.69) is 0 Å². The number of pyridine rings is 1. The summed E-state index contributed by atoms with van der Waals surface area (Å²) in [6, 6.07) is 8.12. The summed E-state index contributed by atoms with van der Waals surface area (Å²) in [5.41, 5.74) is 1.79. The Hall–Kier alpha value is -3.47. The fourth-order valence-corrected chi connectivity index (χ4v) is 5.49. The minimum absolute atomic E-state index is 0.00254. The molecule has 3 aromatic rings. The van der Waals surface area contributed by atoms with Crippen molar-refractivity contribution >= 4 is 22.6 Å². The van der Waals surface area contributed by atoms with E-state index in [-0.39, 0.29) is 23.4 Å². The number of carbonyl (C=O) groups is 1. The van der Waals surface area contributed by atoms with Crippen LogP contribution in [0.3, 0.4) is 0 Å². The summed E-state index contributed by atoms with van der Waals surface area (Å²) >= 11 is 0. The van der Waals surface area contributed by atoms with Crippen molar-refractivity contribution in [3.05, 3.63) is 73.1 Å². The van der Waals surface area contributed by atoms with Gasteiger partial charge in [-0.3, -0.25) is 9.59 Å². The number of amides is 1. The molecule has 2 N–H and O–H groups in total. The van der Waals surface area contributed by atoms with Crippen LogP contribution < -0.4 is 21.1 Å². The number of nitrogens with one attached hydrogen (secondary N) is 1. The van der Waals surface area contributed by atoms with Gasteiger partial charge in [0.1, 0.15) is 11.3 Å². The molecule has 0 spiro atoms. The fourth-order valence-electron chi connectivity index (χ4n) is 5.49. The first-order valence-electron chi connectivity index (χ1n) is 11.6. The fraction of sp³-hybridized carbons (Fsp3) is 0.400. The molecule has 0 saturated carbocycles. The highest BCUT2D eigenvalue weighted by Gasteiger charge is 2.37. The van der Waals surface area contributed by atoms with Gasteiger partial charge in [0, 0.05) is 61.3 Å². The molecule has 1 unspecified atom stereocenters. The average molecular weight is 482 g/mol. The lowest BCUT2D eigenvalue weighted by molar-refractivity contribution is -0.992. The highest BCUT2D eigenvalue weighted by Crippen LogP contribution is 2.36. The van der Waals surface area contributed by atoms with Gasteiger partial charge in [-0.05, 0) is 48.9 Å². The largest absolute Gasteiger partial charge is 0.595 e. The van der Waals surface area contributed by atoms with Gasteiger partial charge in [0.15, 0.2) is 0 Å². The lowest BCUT2D eigenvalue weighted by Gasteiger charge is -2.43. The van der Waals surface area contributed by atoms with Crippen LogP contribution in [0.25, 0.3) is 11.0 Å². The van der Waals surface area contributed by atoms with E-state index in [1.807, 2.05) is 17.9 Å². The maximum absolute atomic E-state index is 13.2. The Labute approximate surface area is 200 Å². The monoisotopic (exact) mass is 481 g/mol. The van der Waals surface area contributed by atoms with Crippen molar-refractivity contribution in [1.29, 1.82) is 0 Å². The zero-order valence-corrected chi connectivity index (χ0v) is 19.6. The maximum Gasteiger partial charge on any atom is 0.336 e. The molecule has 0 radical (unpaired) electrons. The summed E-state index contributed by atoms with van der Waals surface area (Å²) in [5.74, 6) is 0.698. The number of methoxy groups -OCH3 is 1. The highest BCUT2D eigenvalue weighted by molar-refractivity contribution is 5.83. The molecular formula is C25H27N3O7. The van der Waals surface area contributed by atoms with Crippen LogP contribution in [-0.2, 0) is 17.8 Å². The molecule has 1 saturated heterocycles. The van der Waals surface area contributed by atoms with Gasteiger partial charge >= 0.3 is 11.2 Å². The number of ether oxygens (including phenoxy) is 1. The summed E-state index contributed by atoms with van der Waals surface area (Å²) in [6.07, 6.45) is 1.64. The summed E-state index contributed by atoms with van der Waals surface area (Å²) < 4.78 is 12.4. The average Bonchev–Trinajstić information content (AvgIpc) is 2.82. The molecule has 2 bridgehead atoms. The molecule has 2 aliphatic rings. The molecule has 1 amide bonds. The van der Waals surface area contributed by atoms with Crippen molar-refractivity contribution in [2.45, 2.75) is 38.6 Å². The standard InChI is InChI=1S/C25H27N3O7/c1-14-7-24(30)35-22-10-21(34-2)16(9-18(14)22)3-6-23(29)26-11-15-8-17(13-26)19-4-5-20(28(32)33)25(31)27(19)12-15/h4-5,7,9-10,15,17,28,32H,3,6,8,11-13H2,1-2H3/t15-,17+/m0/s1. The number of carbonyl (C=O) groups excluding carboxylic acids is 1. The second kappa shape index (κ2) is 8.95. The highest BCUT2D eigenvalue weighted by atomic mass is 16.8. The molecule has 2 aromatic heterocycles. The van der Waals surface area contributed by atoms with E-state index in [0.717, 1.165) is 28.6 Å². The minimum atomic E-state index is -1.22. The first-order chi connectivity index (χ1) is 16.7. The van der Waals surface area contributed by atoms with E-state index in [9.17, 15) is 24.8 Å². The summed E-state index contributed by atoms with van der Waals surface area (Å²) in [7, 11) is 1.54. The van der Waals surface area contributed by atoms with E-state index in [0.29, 0.717) is 43.8 Å². The molecule has 5 rings (SSSR count). The number of fused-ring (bicyclic) bond motifs is 5. The van der Waals surface area contributed by atoms with Crippen LogP contribution in [0, 0.1) is 18.0 Å². The van der Waals surface area contributed by atoms with E-state index >= 15 is 0 Å². The molecule has 1 aromatic carbocycles. The SMILES string of the molecule is COc1cc2oc(=O)cc(C)c2cc1CCC(=O)N1C[C@@H]2C[C@H](C1)c1ccc([NH+]([O-])O)c(=O)n1C2. The Morgan fingerprint density at radius 2 is 2.03 bits per heavy atom. The van der Waals surface area contributed by atoms with Gasteiger partial charge in [0.25, 0.3) is 0 Å². The Morgan fingerprint density at radius 1 is 1.23 bits per heavy atom. The van der Waals surface area contributed by atoms with Crippen LogP contribution >= 0.6 is 0 Å². The number of piperidine rings is 1. The van der Waals surface area contributed by atoms with Crippen LogP contribution in [0.15, 0.2) is 44.3 Å². The number of rotatable bonds is 5. The number of likely N-dealkylation sites (tertiary alicyclic amines) is 1. The second-order valence-electron chi connectivity index (χ2n) is 9.40. The molecule has 10 nitrogen and oxygen atoms in total. The van der Waals surface area contributed by atoms with Crippen LogP contribution in [0.2, 0.25) is 0 Å². The third-order valence-corrected chi connectivity index (χ3v) is 7.15. The van der Waals surface area contributed by atoms with Gasteiger partial charge in [-0.25, -0.2) is 10.0 Å². The van der Waals surface area contributed by atoms with Crippen molar-refractivity contribution in [3.63, 3.8) is 0 Å². The van der Waals surface area contributed by atoms with Crippen LogP contribution in [-0.4, -0.2) is 40.8 Å². The molecule has 1 fully saturated rings. The normalized spacial score (nSPS) is 19.9. The lowest BCUT2D eigenvalue weighted by Crippen LogP contribution is -3.00. The van der Waals surface area contributed by atoms with Gasteiger partial charge in [-0.2, -0.15) is 5.23 Å².